The fraction of sp³-hybridized carbons (Fsp3) is 0.0938. The molecule has 41 heavy (non-hydrogen) atoms. The van der Waals surface area contributed by atoms with Gasteiger partial charge in [0.25, 0.3) is 5.91 Å². The number of halogens is 1. The van der Waals surface area contributed by atoms with Crippen molar-refractivity contribution < 1.29 is 9.18 Å². The Balaban J connectivity index is 1.43. The molecule has 1 unspecified atom stereocenters. The van der Waals surface area contributed by atoms with E-state index in [1.807, 2.05) is 61.1 Å². The van der Waals surface area contributed by atoms with Crippen molar-refractivity contribution in [3.8, 4) is 17.1 Å². The molecule has 4 N–H and O–H groups in total. The first kappa shape index (κ1) is 24.6. The van der Waals surface area contributed by atoms with Crippen LogP contribution in [0.2, 0.25) is 0 Å². The van der Waals surface area contributed by atoms with Gasteiger partial charge in [0.2, 0.25) is 0 Å². The summed E-state index contributed by atoms with van der Waals surface area (Å²) in [5, 5.41) is 5.49. The molecule has 1 atom stereocenters. The third-order valence-corrected chi connectivity index (χ3v) is 7.46. The molecular weight excluding hydrogens is 517 g/mol. The predicted molar refractivity (Wildman–Crippen MR) is 160 cm³/mol. The monoisotopic (exact) mass is 543 g/mol. The third kappa shape index (κ3) is 4.10. The molecule has 0 spiro atoms. The lowest BCUT2D eigenvalue weighted by Gasteiger charge is -2.18. The molecule has 0 aliphatic carbocycles. The van der Waals surface area contributed by atoms with Gasteiger partial charge < -0.3 is 25.2 Å². The first-order chi connectivity index (χ1) is 19.9. The zero-order valence-electron chi connectivity index (χ0n) is 22.4. The Morgan fingerprint density at radius 1 is 1.02 bits per heavy atom. The summed E-state index contributed by atoms with van der Waals surface area (Å²) in [4.78, 5) is 24.9. The lowest BCUT2D eigenvalue weighted by atomic mass is 10.1. The summed E-state index contributed by atoms with van der Waals surface area (Å²) in [6.07, 6.45) is 3.68. The second-order valence-electron chi connectivity index (χ2n) is 10.2. The van der Waals surface area contributed by atoms with E-state index in [1.165, 1.54) is 12.1 Å². The Labute approximate surface area is 234 Å². The van der Waals surface area contributed by atoms with Gasteiger partial charge in [0.15, 0.2) is 0 Å². The largest absolute Gasteiger partial charge is 0.376 e. The van der Waals surface area contributed by atoms with E-state index in [9.17, 15) is 9.18 Å². The van der Waals surface area contributed by atoms with E-state index in [1.54, 1.807) is 18.5 Å². The molecular formula is C32H26FN7O. The van der Waals surface area contributed by atoms with Crippen molar-refractivity contribution in [3.63, 3.8) is 0 Å². The highest BCUT2D eigenvalue weighted by atomic mass is 19.1. The Hall–Kier alpha value is -5.44. The first-order valence-corrected chi connectivity index (χ1v) is 13.2. The molecule has 0 aliphatic heterocycles. The molecule has 0 saturated heterocycles. The Kier molecular flexibility index (Phi) is 5.60. The minimum Gasteiger partial charge on any atom is -0.376 e. The Bertz CT molecular complexity index is 2120. The quantitative estimate of drug-likeness (QED) is 0.223. The number of H-pyrrole nitrogens is 1. The molecule has 1 amide bonds. The molecule has 0 saturated carbocycles. The maximum Gasteiger partial charge on any atom is 0.250 e. The van der Waals surface area contributed by atoms with Gasteiger partial charge in [0, 0.05) is 41.0 Å². The second kappa shape index (κ2) is 9.34. The summed E-state index contributed by atoms with van der Waals surface area (Å²) in [5.74, 6) is -0.170. The summed E-state index contributed by atoms with van der Waals surface area (Å²) in [5.41, 5.74) is 12.7. The second-order valence-corrected chi connectivity index (χ2v) is 10.2. The molecule has 9 heteroatoms. The van der Waals surface area contributed by atoms with Crippen LogP contribution in [0.1, 0.15) is 29.0 Å². The molecule has 0 bridgehead atoms. The van der Waals surface area contributed by atoms with Gasteiger partial charge in [-0.1, -0.05) is 30.3 Å². The van der Waals surface area contributed by atoms with Crippen molar-refractivity contribution in [1.29, 1.82) is 0 Å². The number of benzene rings is 4. The normalized spacial score (nSPS) is 12.4. The summed E-state index contributed by atoms with van der Waals surface area (Å²) in [6.45, 7) is 1.99. The number of hydrogen-bond donors (Lipinski definition) is 3. The maximum atomic E-state index is 13.9. The van der Waals surface area contributed by atoms with Crippen LogP contribution in [-0.2, 0) is 7.05 Å². The van der Waals surface area contributed by atoms with Crippen LogP contribution in [-0.4, -0.2) is 30.0 Å². The number of nitrogens with two attached hydrogens (primary N) is 1. The van der Waals surface area contributed by atoms with Gasteiger partial charge in [0.1, 0.15) is 11.6 Å². The van der Waals surface area contributed by atoms with Crippen LogP contribution >= 0.6 is 0 Å². The van der Waals surface area contributed by atoms with Gasteiger partial charge >= 0.3 is 0 Å². The van der Waals surface area contributed by atoms with Gasteiger partial charge in [-0.15, -0.1) is 0 Å². The van der Waals surface area contributed by atoms with Crippen molar-refractivity contribution in [2.24, 2.45) is 12.8 Å². The van der Waals surface area contributed by atoms with Crippen LogP contribution in [0.5, 0.6) is 0 Å². The maximum absolute atomic E-state index is 13.9. The molecule has 202 valence electrons. The predicted octanol–water partition coefficient (Wildman–Crippen LogP) is 6.47. The van der Waals surface area contributed by atoms with Crippen molar-refractivity contribution in [1.82, 2.24) is 24.1 Å². The summed E-state index contributed by atoms with van der Waals surface area (Å²) in [7, 11) is 1.92. The van der Waals surface area contributed by atoms with Crippen LogP contribution in [0.4, 0.5) is 10.1 Å². The number of amides is 1. The topological polar surface area (TPSA) is 107 Å². The zero-order valence-corrected chi connectivity index (χ0v) is 22.4. The Morgan fingerprint density at radius 2 is 1.85 bits per heavy atom. The average Bonchev–Trinajstić information content (AvgIpc) is 3.67. The number of carbonyl (C=O) groups is 1. The lowest BCUT2D eigenvalue weighted by molar-refractivity contribution is 0.100. The van der Waals surface area contributed by atoms with Crippen LogP contribution in [0.3, 0.4) is 0 Å². The smallest absolute Gasteiger partial charge is 0.250 e. The summed E-state index contributed by atoms with van der Waals surface area (Å²) in [6, 6.07) is 24.2. The molecule has 4 aromatic carbocycles. The number of imidazole rings is 2. The molecule has 8 nitrogen and oxygen atoms in total. The number of aromatic amines is 1. The van der Waals surface area contributed by atoms with E-state index in [2.05, 4.69) is 38.1 Å². The van der Waals surface area contributed by atoms with Crippen molar-refractivity contribution in [3.05, 3.63) is 108 Å². The van der Waals surface area contributed by atoms with Crippen molar-refractivity contribution >= 4 is 44.4 Å². The van der Waals surface area contributed by atoms with Crippen LogP contribution in [0, 0.1) is 5.82 Å². The van der Waals surface area contributed by atoms with Gasteiger partial charge in [-0.05, 0) is 55.5 Å². The minimum absolute atomic E-state index is 0.160. The highest BCUT2D eigenvalue weighted by Gasteiger charge is 2.20. The number of nitrogens with zero attached hydrogens (tertiary/aromatic N) is 4. The van der Waals surface area contributed by atoms with Gasteiger partial charge in [-0.25, -0.2) is 14.4 Å². The summed E-state index contributed by atoms with van der Waals surface area (Å²) < 4.78 is 17.9. The molecule has 3 aromatic heterocycles. The number of aromatic nitrogens is 5. The van der Waals surface area contributed by atoms with Gasteiger partial charge in [-0.2, -0.15) is 0 Å². The zero-order chi connectivity index (χ0) is 28.2. The number of fused-ring (bicyclic) bond motifs is 4. The number of carbonyl (C=O) groups excluding carboxylic acids is 1. The SMILES string of the molecule is CC(Nc1cc(-n2c3ccccc3c3c(-c4nc5ccc(F)cc5[nH]4)cccc32)ccc1C(N)=O)c1cn(C)cn1. The highest BCUT2D eigenvalue weighted by Crippen LogP contribution is 2.39. The first-order valence-electron chi connectivity index (χ1n) is 13.2. The minimum atomic E-state index is -0.516. The standard InChI is InChI=1S/C32H26FN7O/c1-18(27-16-39(2)17-35-27)36-25-15-20(11-12-21(25)31(34)41)40-28-8-4-3-6-22(28)30-23(7-5-9-29(30)40)32-37-24-13-10-19(33)14-26(24)38-32/h3-18,36H,1-2H3,(H2,34,41)(H,37,38). The average molecular weight is 544 g/mol. The van der Waals surface area contributed by atoms with E-state index in [4.69, 9.17) is 10.7 Å². The number of aryl methyl sites for hydroxylation is 1. The lowest BCUT2D eigenvalue weighted by Crippen LogP contribution is -2.16. The van der Waals surface area contributed by atoms with Gasteiger partial charge in [-0.3, -0.25) is 4.79 Å². The van der Waals surface area contributed by atoms with Crippen molar-refractivity contribution in [2.75, 3.05) is 5.32 Å². The van der Waals surface area contributed by atoms with Gasteiger partial charge in [0.05, 0.1) is 45.7 Å². The van der Waals surface area contributed by atoms with Crippen molar-refractivity contribution in [2.45, 2.75) is 13.0 Å². The van der Waals surface area contributed by atoms with Crippen LogP contribution in [0.25, 0.3) is 49.9 Å². The summed E-state index contributed by atoms with van der Waals surface area (Å²) >= 11 is 0. The van der Waals surface area contributed by atoms with Crippen LogP contribution in [0.15, 0.2) is 91.4 Å². The molecule has 0 fully saturated rings. The number of para-hydroxylation sites is 1. The van der Waals surface area contributed by atoms with E-state index in [0.717, 1.165) is 38.8 Å². The number of hydrogen-bond acceptors (Lipinski definition) is 4. The fourth-order valence-electron chi connectivity index (χ4n) is 5.57. The molecule has 0 radical (unpaired) electrons. The number of nitrogens with one attached hydrogen (secondary N) is 2. The number of anilines is 1. The van der Waals surface area contributed by atoms with Crippen LogP contribution < -0.4 is 11.1 Å². The Morgan fingerprint density at radius 3 is 2.66 bits per heavy atom. The van der Waals surface area contributed by atoms with E-state index >= 15 is 0 Å². The molecule has 0 aliphatic rings. The van der Waals surface area contributed by atoms with E-state index < -0.39 is 5.91 Å². The molecule has 7 rings (SSSR count). The fourth-order valence-corrected chi connectivity index (χ4v) is 5.57. The number of primary amides is 1. The molecule has 3 heterocycles. The van der Waals surface area contributed by atoms with E-state index in [0.29, 0.717) is 28.1 Å². The highest BCUT2D eigenvalue weighted by molar-refractivity contribution is 6.15. The third-order valence-electron chi connectivity index (χ3n) is 7.46. The number of rotatable bonds is 6. The molecule has 7 aromatic rings. The van der Waals surface area contributed by atoms with E-state index in [-0.39, 0.29) is 11.9 Å².